The maximum absolute atomic E-state index is 11.4. The predicted octanol–water partition coefficient (Wildman–Crippen LogP) is 4.14. The molecule has 0 saturated carbocycles. The van der Waals surface area contributed by atoms with Gasteiger partial charge in [-0.2, -0.15) is 0 Å². The molecule has 2 aromatic carbocycles. The van der Waals surface area contributed by atoms with E-state index >= 15 is 0 Å². The van der Waals surface area contributed by atoms with E-state index < -0.39 is 5.97 Å². The Kier molecular flexibility index (Phi) is 5.86. The van der Waals surface area contributed by atoms with Crippen LogP contribution < -0.4 is 9.47 Å². The summed E-state index contributed by atoms with van der Waals surface area (Å²) in [7, 11) is 3.28. The van der Waals surface area contributed by atoms with Crippen molar-refractivity contribution >= 4 is 16.9 Å². The first-order chi connectivity index (χ1) is 14.6. The number of nitrogens with zero attached hydrogens (tertiary/aromatic N) is 2. The van der Waals surface area contributed by atoms with E-state index in [0.717, 1.165) is 22.0 Å². The lowest BCUT2D eigenvalue weighted by molar-refractivity contribution is -0.143. The Balaban J connectivity index is 1.80. The highest BCUT2D eigenvalue weighted by atomic mass is 16.5. The van der Waals surface area contributed by atoms with Gasteiger partial charge in [0.15, 0.2) is 11.5 Å². The molecule has 0 spiro atoms. The predicted molar refractivity (Wildman–Crippen MR) is 115 cm³/mol. The quantitative estimate of drug-likeness (QED) is 0.663. The third-order valence-electron chi connectivity index (χ3n) is 5.90. The second-order valence-electron chi connectivity index (χ2n) is 7.60. The van der Waals surface area contributed by atoms with Crippen molar-refractivity contribution in [2.24, 2.45) is 5.92 Å². The number of piperidine rings is 1. The van der Waals surface area contributed by atoms with Gasteiger partial charge in [0.25, 0.3) is 0 Å². The number of carbonyl (C=O) groups is 1. The fraction of sp³-hybridized carbons (Fsp3) is 0.333. The number of rotatable bonds is 6. The zero-order valence-corrected chi connectivity index (χ0v) is 17.2. The van der Waals surface area contributed by atoms with Crippen molar-refractivity contribution in [1.82, 2.24) is 9.88 Å². The third kappa shape index (κ3) is 3.83. The minimum absolute atomic E-state index is 0.109. The van der Waals surface area contributed by atoms with E-state index in [4.69, 9.17) is 9.47 Å². The Morgan fingerprint density at radius 2 is 1.87 bits per heavy atom. The summed E-state index contributed by atoms with van der Waals surface area (Å²) in [6.07, 6.45) is 3.16. The summed E-state index contributed by atoms with van der Waals surface area (Å²) in [5.41, 5.74) is 2.99. The number of pyridine rings is 1. The summed E-state index contributed by atoms with van der Waals surface area (Å²) in [5, 5.41) is 10.5. The Hall–Kier alpha value is -3.12. The molecule has 1 saturated heterocycles. The summed E-state index contributed by atoms with van der Waals surface area (Å²) in [6.45, 7) is 1.38. The second-order valence-corrected chi connectivity index (χ2v) is 7.60. The van der Waals surface area contributed by atoms with Crippen LogP contribution in [-0.2, 0) is 4.79 Å². The van der Waals surface area contributed by atoms with Gasteiger partial charge in [-0.15, -0.1) is 0 Å². The van der Waals surface area contributed by atoms with Crippen LogP contribution >= 0.6 is 0 Å². The zero-order valence-electron chi connectivity index (χ0n) is 17.2. The minimum Gasteiger partial charge on any atom is -0.493 e. The highest BCUT2D eigenvalue weighted by Crippen LogP contribution is 2.41. The first-order valence-corrected chi connectivity index (χ1v) is 10.1. The maximum atomic E-state index is 11.4. The van der Waals surface area contributed by atoms with Crippen molar-refractivity contribution in [3.05, 3.63) is 65.9 Å². The van der Waals surface area contributed by atoms with E-state index in [2.05, 4.69) is 22.0 Å². The van der Waals surface area contributed by atoms with Crippen molar-refractivity contribution in [3.8, 4) is 11.5 Å². The second kappa shape index (κ2) is 8.71. The van der Waals surface area contributed by atoms with Crippen molar-refractivity contribution < 1.29 is 19.4 Å². The molecule has 0 bridgehead atoms. The molecule has 156 valence electrons. The van der Waals surface area contributed by atoms with E-state index in [1.807, 2.05) is 42.6 Å². The monoisotopic (exact) mass is 406 g/mol. The molecule has 0 radical (unpaired) electrons. The van der Waals surface area contributed by atoms with Crippen LogP contribution in [-0.4, -0.2) is 48.3 Å². The molecule has 0 aliphatic carbocycles. The Labute approximate surface area is 176 Å². The molecule has 2 heterocycles. The van der Waals surface area contributed by atoms with Crippen LogP contribution in [0.1, 0.15) is 30.0 Å². The first-order valence-electron chi connectivity index (χ1n) is 10.1. The number of likely N-dealkylation sites (tertiary alicyclic amines) is 1. The van der Waals surface area contributed by atoms with Crippen LogP contribution in [0.3, 0.4) is 0 Å². The molecule has 3 aromatic rings. The largest absolute Gasteiger partial charge is 0.493 e. The van der Waals surface area contributed by atoms with Gasteiger partial charge in [0.05, 0.1) is 31.7 Å². The molecular formula is C24H26N2O4. The zero-order chi connectivity index (χ0) is 21.1. The summed E-state index contributed by atoms with van der Waals surface area (Å²) in [5.74, 6) is 0.369. The van der Waals surface area contributed by atoms with Crippen LogP contribution in [0.25, 0.3) is 10.9 Å². The van der Waals surface area contributed by atoms with Crippen LogP contribution in [0.4, 0.5) is 0 Å². The Morgan fingerprint density at radius 1 is 1.10 bits per heavy atom. The topological polar surface area (TPSA) is 71.9 Å². The normalized spacial score (nSPS) is 16.3. The Bertz CT molecular complexity index is 1040. The van der Waals surface area contributed by atoms with E-state index in [1.165, 1.54) is 0 Å². The molecule has 1 N–H and O–H groups in total. The molecule has 0 amide bonds. The number of fused-ring (bicyclic) bond motifs is 1. The van der Waals surface area contributed by atoms with Crippen LogP contribution in [0.2, 0.25) is 0 Å². The third-order valence-corrected chi connectivity index (χ3v) is 5.90. The summed E-state index contributed by atoms with van der Waals surface area (Å²) in [4.78, 5) is 18.4. The minimum atomic E-state index is -0.711. The highest BCUT2D eigenvalue weighted by molar-refractivity contribution is 5.79. The fourth-order valence-electron chi connectivity index (χ4n) is 4.36. The standard InChI is InChI=1S/C24H26N2O4/c1-29-21-9-5-7-19(23(21)30-2)22(26-12-10-16(11-13-26)24(27)28)18-14-17-6-3-4-8-20(17)25-15-18/h3-9,14-16,22H,10-13H2,1-2H3,(H,27,28). The van der Waals surface area contributed by atoms with Crippen molar-refractivity contribution in [3.63, 3.8) is 0 Å². The number of methoxy groups -OCH3 is 2. The van der Waals surface area contributed by atoms with Crippen LogP contribution in [0.5, 0.6) is 11.5 Å². The molecule has 30 heavy (non-hydrogen) atoms. The van der Waals surface area contributed by atoms with Crippen LogP contribution in [0, 0.1) is 5.92 Å². The lowest BCUT2D eigenvalue weighted by Crippen LogP contribution is -2.39. The average molecular weight is 406 g/mol. The van der Waals surface area contributed by atoms with Crippen LogP contribution in [0.15, 0.2) is 54.7 Å². The molecule has 1 aliphatic rings. The molecule has 1 unspecified atom stereocenters. The molecule has 4 rings (SSSR count). The fourth-order valence-corrected chi connectivity index (χ4v) is 4.36. The van der Waals surface area contributed by atoms with Gasteiger partial charge in [-0.05, 0) is 49.7 Å². The van der Waals surface area contributed by atoms with Gasteiger partial charge in [0.1, 0.15) is 0 Å². The summed E-state index contributed by atoms with van der Waals surface area (Å²) in [6, 6.07) is 16.0. The number of aromatic nitrogens is 1. The van der Waals surface area contributed by atoms with Crippen molar-refractivity contribution in [2.45, 2.75) is 18.9 Å². The van der Waals surface area contributed by atoms with E-state index in [-0.39, 0.29) is 12.0 Å². The number of hydrogen-bond acceptors (Lipinski definition) is 5. The van der Waals surface area contributed by atoms with Gasteiger partial charge in [0.2, 0.25) is 0 Å². The molecule has 1 aromatic heterocycles. The summed E-state index contributed by atoms with van der Waals surface area (Å²) >= 11 is 0. The van der Waals surface area contributed by atoms with E-state index in [0.29, 0.717) is 37.4 Å². The van der Waals surface area contributed by atoms with Crippen molar-refractivity contribution in [1.29, 1.82) is 0 Å². The number of carboxylic acids is 1. The number of para-hydroxylation sites is 2. The van der Waals surface area contributed by atoms with Gasteiger partial charge >= 0.3 is 5.97 Å². The lowest BCUT2D eigenvalue weighted by Gasteiger charge is -2.37. The van der Waals surface area contributed by atoms with Crippen molar-refractivity contribution in [2.75, 3.05) is 27.3 Å². The molecule has 1 fully saturated rings. The number of benzene rings is 2. The molecule has 1 atom stereocenters. The average Bonchev–Trinajstić information content (AvgIpc) is 2.79. The molecule has 6 heteroatoms. The number of ether oxygens (including phenoxy) is 2. The van der Waals surface area contributed by atoms with E-state index in [9.17, 15) is 9.90 Å². The van der Waals surface area contributed by atoms with Gasteiger partial charge in [-0.3, -0.25) is 14.7 Å². The van der Waals surface area contributed by atoms with E-state index in [1.54, 1.807) is 14.2 Å². The molecule has 6 nitrogen and oxygen atoms in total. The maximum Gasteiger partial charge on any atom is 0.306 e. The number of carboxylic acid groups (broad SMARTS) is 1. The number of hydrogen-bond donors (Lipinski definition) is 1. The van der Waals surface area contributed by atoms with Gasteiger partial charge < -0.3 is 14.6 Å². The van der Waals surface area contributed by atoms with Gasteiger partial charge in [-0.25, -0.2) is 0 Å². The smallest absolute Gasteiger partial charge is 0.306 e. The van der Waals surface area contributed by atoms with Gasteiger partial charge in [-0.1, -0.05) is 30.3 Å². The summed E-state index contributed by atoms with van der Waals surface area (Å²) < 4.78 is 11.3. The first kappa shape index (κ1) is 20.2. The lowest BCUT2D eigenvalue weighted by atomic mass is 9.91. The Morgan fingerprint density at radius 3 is 2.57 bits per heavy atom. The molecular weight excluding hydrogens is 380 g/mol. The highest BCUT2D eigenvalue weighted by Gasteiger charge is 2.32. The van der Waals surface area contributed by atoms with Gasteiger partial charge in [0, 0.05) is 17.1 Å². The molecule has 1 aliphatic heterocycles. The SMILES string of the molecule is COc1cccc(C(c2cnc3ccccc3c2)N2CCC(C(=O)O)CC2)c1OC. The number of aliphatic carboxylic acids is 1.